The van der Waals surface area contributed by atoms with Gasteiger partial charge in [0.2, 0.25) is 0 Å². The van der Waals surface area contributed by atoms with Gasteiger partial charge in [0.05, 0.1) is 14.6 Å². The van der Waals surface area contributed by atoms with Crippen molar-refractivity contribution in [3.63, 3.8) is 0 Å². The van der Waals surface area contributed by atoms with Crippen molar-refractivity contribution in [2.24, 2.45) is 0 Å². The summed E-state index contributed by atoms with van der Waals surface area (Å²) >= 11 is 2.75. The zero-order chi connectivity index (χ0) is 17.5. The molecule has 5 nitrogen and oxygen atoms in total. The maximum absolute atomic E-state index is 12.8. The van der Waals surface area contributed by atoms with Crippen LogP contribution in [0.3, 0.4) is 0 Å². The molecule has 2 amide bonds. The van der Waals surface area contributed by atoms with E-state index in [1.54, 1.807) is 20.8 Å². The Morgan fingerprint density at radius 1 is 1.35 bits per heavy atom. The van der Waals surface area contributed by atoms with Crippen LogP contribution in [0.4, 0.5) is 4.79 Å². The lowest BCUT2D eigenvalue weighted by atomic mass is 9.91. The van der Waals surface area contributed by atoms with E-state index in [1.165, 1.54) is 30.0 Å². The highest BCUT2D eigenvalue weighted by molar-refractivity contribution is 8.00. The second-order valence-electron chi connectivity index (χ2n) is 6.56. The molecule has 0 N–H and O–H groups in total. The number of carbonyl (C=O) groups excluding carboxylic acids is 3. The molecule has 0 saturated carbocycles. The third kappa shape index (κ3) is 3.45. The molecule has 1 atom stereocenters. The van der Waals surface area contributed by atoms with Crippen LogP contribution in [0.5, 0.6) is 0 Å². The zero-order valence-corrected chi connectivity index (χ0v) is 15.8. The standard InChI is InChI=1S/C16H21NO4S2/c1-8-7-17(15(20)21-16(3,4)5)13(19)11-10(8)12(9(2)18)23-14(11)22-6/h8H,7H2,1-6H3. The number of ether oxygens (including phenoxy) is 1. The van der Waals surface area contributed by atoms with E-state index < -0.39 is 11.7 Å². The average Bonchev–Trinajstić information content (AvgIpc) is 2.81. The van der Waals surface area contributed by atoms with Crippen molar-refractivity contribution in [3.8, 4) is 0 Å². The van der Waals surface area contributed by atoms with Gasteiger partial charge < -0.3 is 4.74 Å². The largest absolute Gasteiger partial charge is 0.443 e. The Balaban J connectivity index is 2.47. The second kappa shape index (κ2) is 6.28. The fraction of sp³-hybridized carbons (Fsp3) is 0.562. The van der Waals surface area contributed by atoms with Gasteiger partial charge in [-0.1, -0.05) is 6.92 Å². The molecule has 0 aliphatic carbocycles. The number of fused-ring (bicyclic) bond motifs is 1. The smallest absolute Gasteiger partial charge is 0.417 e. The molecule has 126 valence electrons. The predicted molar refractivity (Wildman–Crippen MR) is 91.8 cm³/mol. The number of hydrogen-bond acceptors (Lipinski definition) is 6. The third-order valence-corrected chi connectivity index (χ3v) is 5.87. The van der Waals surface area contributed by atoms with Gasteiger partial charge in [-0.15, -0.1) is 23.1 Å². The summed E-state index contributed by atoms with van der Waals surface area (Å²) in [6, 6.07) is 0. The Labute approximate surface area is 144 Å². The van der Waals surface area contributed by atoms with Crippen molar-refractivity contribution in [1.82, 2.24) is 4.90 Å². The Hall–Kier alpha value is -1.34. The second-order valence-corrected chi connectivity index (χ2v) is 8.66. The fourth-order valence-electron chi connectivity index (χ4n) is 2.56. The van der Waals surface area contributed by atoms with Crippen LogP contribution in [0.1, 0.15) is 66.1 Å². The number of nitrogens with zero attached hydrogens (tertiary/aromatic N) is 1. The first-order valence-electron chi connectivity index (χ1n) is 7.33. The van der Waals surface area contributed by atoms with E-state index in [2.05, 4.69) is 0 Å². The third-order valence-electron chi connectivity index (χ3n) is 3.44. The minimum atomic E-state index is -0.664. The van der Waals surface area contributed by atoms with E-state index >= 15 is 0 Å². The van der Waals surface area contributed by atoms with Gasteiger partial charge in [-0.05, 0) is 39.5 Å². The first-order chi connectivity index (χ1) is 10.6. The number of amides is 2. The summed E-state index contributed by atoms with van der Waals surface area (Å²) in [5, 5.41) is 0. The van der Waals surface area contributed by atoms with Crippen molar-refractivity contribution < 1.29 is 19.1 Å². The summed E-state index contributed by atoms with van der Waals surface area (Å²) in [5.74, 6) is -0.511. The monoisotopic (exact) mass is 355 g/mol. The lowest BCUT2D eigenvalue weighted by Crippen LogP contribution is -2.45. The fourth-order valence-corrected chi connectivity index (χ4v) is 4.58. The SMILES string of the molecule is CSc1sc(C(C)=O)c2c1C(=O)N(C(=O)OC(C)(C)C)CC2C. The van der Waals surface area contributed by atoms with E-state index in [9.17, 15) is 14.4 Å². The van der Waals surface area contributed by atoms with Crippen molar-refractivity contribution in [2.45, 2.75) is 50.3 Å². The van der Waals surface area contributed by atoms with Gasteiger partial charge in [0.25, 0.3) is 5.91 Å². The first kappa shape index (κ1) is 18.0. The Morgan fingerprint density at radius 2 is 1.96 bits per heavy atom. The molecule has 1 aromatic heterocycles. The minimum absolute atomic E-state index is 0.0445. The molecule has 2 heterocycles. The van der Waals surface area contributed by atoms with Crippen LogP contribution in [0.15, 0.2) is 4.21 Å². The Morgan fingerprint density at radius 3 is 2.43 bits per heavy atom. The van der Waals surface area contributed by atoms with Crippen LogP contribution in [-0.2, 0) is 4.74 Å². The number of Topliss-reactive ketones (excluding diaryl/α,β-unsaturated/α-hetero) is 1. The molecular weight excluding hydrogens is 334 g/mol. The summed E-state index contributed by atoms with van der Waals surface area (Å²) < 4.78 is 6.11. The minimum Gasteiger partial charge on any atom is -0.443 e. The van der Waals surface area contributed by atoms with Crippen molar-refractivity contribution >= 4 is 40.9 Å². The Kier molecular flexibility index (Phi) is 4.92. The number of thiophene rings is 1. The highest BCUT2D eigenvalue weighted by Crippen LogP contribution is 2.43. The average molecular weight is 355 g/mol. The number of rotatable bonds is 2. The number of thioether (sulfide) groups is 1. The molecule has 1 aliphatic heterocycles. The molecular formula is C16H21NO4S2. The molecule has 2 rings (SSSR count). The maximum Gasteiger partial charge on any atom is 0.417 e. The highest BCUT2D eigenvalue weighted by Gasteiger charge is 2.40. The summed E-state index contributed by atoms with van der Waals surface area (Å²) in [4.78, 5) is 38.8. The van der Waals surface area contributed by atoms with Crippen LogP contribution >= 0.6 is 23.1 Å². The van der Waals surface area contributed by atoms with Gasteiger partial charge in [0, 0.05) is 12.5 Å². The Bertz CT molecular complexity index is 672. The van der Waals surface area contributed by atoms with Crippen molar-refractivity contribution in [1.29, 1.82) is 0 Å². The summed E-state index contributed by atoms with van der Waals surface area (Å²) in [7, 11) is 0. The number of imide groups is 1. The van der Waals surface area contributed by atoms with Crippen LogP contribution in [-0.4, -0.2) is 41.1 Å². The molecule has 1 aliphatic rings. The van der Waals surface area contributed by atoms with Gasteiger partial charge in [0.1, 0.15) is 5.60 Å². The molecule has 7 heteroatoms. The molecule has 23 heavy (non-hydrogen) atoms. The molecule has 0 fully saturated rings. The predicted octanol–water partition coefficient (Wildman–Crippen LogP) is 4.17. The van der Waals surface area contributed by atoms with Crippen LogP contribution < -0.4 is 0 Å². The highest BCUT2D eigenvalue weighted by atomic mass is 32.2. The lowest BCUT2D eigenvalue weighted by Gasteiger charge is -2.32. The molecule has 1 unspecified atom stereocenters. The summed E-state index contributed by atoms with van der Waals surface area (Å²) in [5.41, 5.74) is 0.594. The molecule has 0 bridgehead atoms. The van der Waals surface area contributed by atoms with Gasteiger partial charge in [-0.3, -0.25) is 9.59 Å². The number of carbonyl (C=O) groups is 3. The molecule has 0 aromatic carbocycles. The normalized spacial score (nSPS) is 17.9. The van der Waals surface area contributed by atoms with Gasteiger partial charge in [-0.2, -0.15) is 0 Å². The van der Waals surface area contributed by atoms with E-state index in [-0.39, 0.29) is 24.2 Å². The quantitative estimate of drug-likeness (QED) is 0.588. The summed E-state index contributed by atoms with van der Waals surface area (Å²) in [6.45, 7) is 8.95. The lowest BCUT2D eigenvalue weighted by molar-refractivity contribution is 0.0220. The van der Waals surface area contributed by atoms with Crippen molar-refractivity contribution in [2.75, 3.05) is 12.8 Å². The van der Waals surface area contributed by atoms with E-state index in [4.69, 9.17) is 4.74 Å². The maximum atomic E-state index is 12.8. The molecule has 0 saturated heterocycles. The molecule has 0 radical (unpaired) electrons. The zero-order valence-electron chi connectivity index (χ0n) is 14.2. The first-order valence-corrected chi connectivity index (χ1v) is 9.37. The van der Waals surface area contributed by atoms with Crippen LogP contribution in [0.2, 0.25) is 0 Å². The van der Waals surface area contributed by atoms with E-state index in [1.807, 2.05) is 13.2 Å². The van der Waals surface area contributed by atoms with Gasteiger partial charge in [-0.25, -0.2) is 9.69 Å². The van der Waals surface area contributed by atoms with Crippen LogP contribution in [0.25, 0.3) is 0 Å². The molecule has 0 spiro atoms. The van der Waals surface area contributed by atoms with Gasteiger partial charge >= 0.3 is 6.09 Å². The molecule has 1 aromatic rings. The summed E-state index contributed by atoms with van der Waals surface area (Å²) in [6.07, 6.45) is 1.23. The van der Waals surface area contributed by atoms with Gasteiger partial charge in [0.15, 0.2) is 5.78 Å². The van der Waals surface area contributed by atoms with Crippen molar-refractivity contribution in [3.05, 3.63) is 16.0 Å². The van der Waals surface area contributed by atoms with E-state index in [0.29, 0.717) is 10.4 Å². The number of hydrogen-bond donors (Lipinski definition) is 0. The van der Waals surface area contributed by atoms with Crippen LogP contribution in [0, 0.1) is 0 Å². The van der Waals surface area contributed by atoms with E-state index in [0.717, 1.165) is 14.7 Å². The topological polar surface area (TPSA) is 63.7 Å². The number of ketones is 1.